The first-order valence-electron chi connectivity index (χ1n) is 19.0. The summed E-state index contributed by atoms with van der Waals surface area (Å²) in [4.78, 5) is 62.2. The first kappa shape index (κ1) is 40.9. The highest BCUT2D eigenvalue weighted by Gasteiger charge is 2.61. The number of carbonyl (C=O) groups is 4. The summed E-state index contributed by atoms with van der Waals surface area (Å²) in [5.74, 6) is -3.40. The monoisotopic (exact) mass is 792 g/mol. The molecule has 0 bridgehead atoms. The molecule has 14 nitrogen and oxygen atoms in total. The lowest BCUT2D eigenvalue weighted by Gasteiger charge is -2.35. The lowest BCUT2D eigenvalue weighted by molar-refractivity contribution is -0.161. The van der Waals surface area contributed by atoms with E-state index in [2.05, 4.69) is 17.1 Å². The third-order valence-corrected chi connectivity index (χ3v) is 12.9. The molecule has 1 aromatic carbocycles. The highest BCUT2D eigenvalue weighted by molar-refractivity contribution is 7.93. The van der Waals surface area contributed by atoms with Crippen LogP contribution in [0.4, 0.5) is 0 Å². The SMILES string of the molecule is C=C[C@@H]1C[C@]1(NC(=O)[C@@H]1C[C@@H](Oc2cc(-c3cccc(OC)c3)nc3c(C)noc23)CN1C(=O)[C@@H](CC(=O)OC(C)(C)C)C(C)(C)C)C(=O)CS(=O)(=O)C1CC1. The molecule has 3 heterocycles. The fourth-order valence-corrected chi connectivity index (χ4v) is 9.07. The van der Waals surface area contributed by atoms with Gasteiger partial charge in [-0.05, 0) is 64.5 Å². The Morgan fingerprint density at radius 3 is 2.45 bits per heavy atom. The number of sulfone groups is 1. The molecule has 5 atom stereocenters. The molecule has 1 aliphatic heterocycles. The highest BCUT2D eigenvalue weighted by atomic mass is 32.2. The second-order valence-corrected chi connectivity index (χ2v) is 19.6. The summed E-state index contributed by atoms with van der Waals surface area (Å²) in [5, 5.41) is 6.44. The van der Waals surface area contributed by atoms with Crippen LogP contribution in [-0.4, -0.2) is 95.0 Å². The number of amides is 2. The molecule has 302 valence electrons. The molecular weight excluding hydrogens is 741 g/mol. The molecule has 1 N–H and O–H groups in total. The molecule has 3 fully saturated rings. The van der Waals surface area contributed by atoms with Gasteiger partial charge in [0, 0.05) is 24.0 Å². The van der Waals surface area contributed by atoms with Crippen molar-refractivity contribution in [1.29, 1.82) is 0 Å². The largest absolute Gasteiger partial charge is 0.497 e. The Hall–Kier alpha value is -4.79. The van der Waals surface area contributed by atoms with Gasteiger partial charge < -0.3 is 29.0 Å². The second kappa shape index (κ2) is 14.9. The first-order valence-corrected chi connectivity index (χ1v) is 20.7. The van der Waals surface area contributed by atoms with E-state index in [1.807, 2.05) is 45.0 Å². The number of hydrogen-bond donors (Lipinski definition) is 1. The molecular formula is C41H52N4O10S. The van der Waals surface area contributed by atoms with Crippen molar-refractivity contribution in [2.24, 2.45) is 17.3 Å². The fraction of sp³-hybridized carbons (Fsp3) is 0.561. The van der Waals surface area contributed by atoms with Gasteiger partial charge >= 0.3 is 5.97 Å². The van der Waals surface area contributed by atoms with Crippen LogP contribution in [0.2, 0.25) is 0 Å². The smallest absolute Gasteiger partial charge is 0.307 e. The van der Waals surface area contributed by atoms with Gasteiger partial charge in [0.15, 0.2) is 21.4 Å². The Bertz CT molecular complexity index is 2160. The number of nitrogens with one attached hydrogen (secondary N) is 1. The van der Waals surface area contributed by atoms with Crippen LogP contribution >= 0.6 is 0 Å². The summed E-state index contributed by atoms with van der Waals surface area (Å²) < 4.78 is 49.0. The van der Waals surface area contributed by atoms with Gasteiger partial charge in [0.1, 0.15) is 46.0 Å². The predicted molar refractivity (Wildman–Crippen MR) is 207 cm³/mol. The number of aromatic nitrogens is 2. The van der Waals surface area contributed by atoms with Crippen LogP contribution < -0.4 is 14.8 Å². The Morgan fingerprint density at radius 2 is 1.84 bits per heavy atom. The summed E-state index contributed by atoms with van der Waals surface area (Å²) in [7, 11) is -2.10. The Kier molecular flexibility index (Phi) is 10.9. The quantitative estimate of drug-likeness (QED) is 0.167. The number of ketones is 1. The van der Waals surface area contributed by atoms with E-state index in [1.165, 1.54) is 11.0 Å². The topological polar surface area (TPSA) is 184 Å². The number of likely N-dealkylation sites (tertiary alicyclic amines) is 1. The number of Topliss-reactive ketones (excluding diaryl/α,β-unsaturated/α-hetero) is 1. The molecule has 2 saturated carbocycles. The van der Waals surface area contributed by atoms with Crippen LogP contribution in [0.25, 0.3) is 22.4 Å². The summed E-state index contributed by atoms with van der Waals surface area (Å²) >= 11 is 0. The predicted octanol–water partition coefficient (Wildman–Crippen LogP) is 5.16. The maximum Gasteiger partial charge on any atom is 0.307 e. The van der Waals surface area contributed by atoms with Crippen LogP contribution in [0.5, 0.6) is 11.5 Å². The van der Waals surface area contributed by atoms with Gasteiger partial charge in [0.2, 0.25) is 17.4 Å². The summed E-state index contributed by atoms with van der Waals surface area (Å²) in [6, 6.07) is 7.92. The molecule has 0 radical (unpaired) electrons. The van der Waals surface area contributed by atoms with Crippen molar-refractivity contribution in [1.82, 2.24) is 20.4 Å². The maximum absolute atomic E-state index is 14.7. The average molecular weight is 793 g/mol. The van der Waals surface area contributed by atoms with Crippen LogP contribution in [0.1, 0.15) is 79.3 Å². The molecule has 15 heteroatoms. The van der Waals surface area contributed by atoms with E-state index in [0.717, 1.165) is 5.56 Å². The van der Waals surface area contributed by atoms with Gasteiger partial charge in [0.25, 0.3) is 0 Å². The number of methoxy groups -OCH3 is 1. The molecule has 2 aliphatic carbocycles. The van der Waals surface area contributed by atoms with Gasteiger partial charge in [-0.15, -0.1) is 6.58 Å². The minimum Gasteiger partial charge on any atom is -0.497 e. The number of fused-ring (bicyclic) bond motifs is 1. The number of ether oxygens (including phenoxy) is 3. The van der Waals surface area contributed by atoms with Gasteiger partial charge in [0.05, 0.1) is 36.9 Å². The molecule has 1 saturated heterocycles. The van der Waals surface area contributed by atoms with E-state index in [9.17, 15) is 27.6 Å². The standard InChI is InChI=1S/C41H52N4O10S/c1-10-25-20-41(25,33(46)22-56(50,51)28-14-15-28)43-37(48)31-17-27(21-45(31)38(49)29(39(3,4)5)18-34(47)54-40(6,7)8)53-32-19-30(24-12-11-13-26(16-24)52-9)42-35-23(2)44-55-36(32)35/h10-13,16,19,25,27-29,31H,1,14-15,17-18,20-22H2,2-9H3,(H,43,48)/t25-,27-,29-,31+,41-/m1/s1. The van der Waals surface area contributed by atoms with Gasteiger partial charge in [-0.3, -0.25) is 19.2 Å². The van der Waals surface area contributed by atoms with E-state index < -0.39 is 84.9 Å². The maximum atomic E-state index is 14.7. The third kappa shape index (κ3) is 8.62. The number of nitrogens with zero attached hydrogens (tertiary/aromatic N) is 3. The molecule has 0 spiro atoms. The van der Waals surface area contributed by atoms with Crippen molar-refractivity contribution in [3.8, 4) is 22.8 Å². The zero-order valence-corrected chi connectivity index (χ0v) is 34.2. The average Bonchev–Trinajstić information content (AvgIpc) is 4.02. The molecule has 2 aromatic heterocycles. The van der Waals surface area contributed by atoms with Crippen molar-refractivity contribution in [2.45, 2.75) is 109 Å². The summed E-state index contributed by atoms with van der Waals surface area (Å²) in [5.41, 5.74) is -0.397. The number of hydrogen-bond acceptors (Lipinski definition) is 12. The van der Waals surface area contributed by atoms with Crippen molar-refractivity contribution in [3.05, 3.63) is 48.7 Å². The minimum atomic E-state index is -3.67. The van der Waals surface area contributed by atoms with Crippen LogP contribution in [0.3, 0.4) is 0 Å². The molecule has 56 heavy (non-hydrogen) atoms. The Morgan fingerprint density at radius 1 is 1.12 bits per heavy atom. The van der Waals surface area contributed by atoms with E-state index in [1.54, 1.807) is 40.9 Å². The van der Waals surface area contributed by atoms with E-state index in [4.69, 9.17) is 23.7 Å². The Labute approximate surface area is 327 Å². The highest BCUT2D eigenvalue weighted by Crippen LogP contribution is 2.47. The van der Waals surface area contributed by atoms with E-state index in [0.29, 0.717) is 41.2 Å². The molecule has 0 unspecified atom stereocenters. The third-order valence-electron chi connectivity index (χ3n) is 10.7. The molecule has 3 aromatic rings. The summed E-state index contributed by atoms with van der Waals surface area (Å²) in [6.45, 7) is 16.3. The normalized spacial score (nSPS) is 23.0. The first-order chi connectivity index (χ1) is 26.2. The number of aryl methyl sites for hydroxylation is 1. The zero-order chi connectivity index (χ0) is 41.0. The molecule has 2 amide bonds. The van der Waals surface area contributed by atoms with Crippen LogP contribution in [0, 0.1) is 24.2 Å². The van der Waals surface area contributed by atoms with Gasteiger partial charge in [-0.2, -0.15) is 0 Å². The van der Waals surface area contributed by atoms with Gasteiger partial charge in [-0.25, -0.2) is 13.4 Å². The fourth-order valence-electron chi connectivity index (χ4n) is 7.35. The second-order valence-electron chi connectivity index (χ2n) is 17.3. The number of esters is 1. The number of benzene rings is 1. The van der Waals surface area contributed by atoms with Crippen LogP contribution in [0.15, 0.2) is 47.5 Å². The number of rotatable bonds is 14. The summed E-state index contributed by atoms with van der Waals surface area (Å²) in [6.07, 6.45) is 1.77. The van der Waals surface area contributed by atoms with E-state index in [-0.39, 0.29) is 31.4 Å². The number of pyridine rings is 1. The zero-order valence-electron chi connectivity index (χ0n) is 33.3. The van der Waals surface area contributed by atoms with Gasteiger partial charge in [-0.1, -0.05) is 44.1 Å². The van der Waals surface area contributed by atoms with E-state index >= 15 is 0 Å². The van der Waals surface area contributed by atoms with Crippen LogP contribution in [-0.2, 0) is 33.8 Å². The number of carbonyl (C=O) groups excluding carboxylic acids is 4. The molecule has 6 rings (SSSR count). The van der Waals surface area contributed by atoms with Crippen molar-refractivity contribution >= 4 is 44.5 Å². The van der Waals surface area contributed by atoms with Crippen molar-refractivity contribution in [2.75, 3.05) is 19.4 Å². The lowest BCUT2D eigenvalue weighted by Crippen LogP contribution is -2.55. The Balaban J connectivity index is 1.34. The van der Waals surface area contributed by atoms with Crippen molar-refractivity contribution < 1.29 is 46.3 Å². The lowest BCUT2D eigenvalue weighted by atomic mass is 9.77. The van der Waals surface area contributed by atoms with Crippen molar-refractivity contribution in [3.63, 3.8) is 0 Å². The minimum absolute atomic E-state index is 0.00962. The molecule has 3 aliphatic rings.